The number of aryl methyl sites for hydroxylation is 2. The van der Waals surface area contributed by atoms with Crippen LogP contribution < -0.4 is 0 Å². The van der Waals surface area contributed by atoms with Crippen LogP contribution in [0.1, 0.15) is 43.0 Å². The first-order chi connectivity index (χ1) is 10.0. The highest BCUT2D eigenvalue weighted by Gasteiger charge is 2.04. The Labute approximate surface area is 126 Å². The van der Waals surface area contributed by atoms with Crippen LogP contribution >= 0.6 is 0 Å². The van der Waals surface area contributed by atoms with Gasteiger partial charge in [-0.2, -0.15) is 0 Å². The maximum absolute atomic E-state index is 9.76. The van der Waals surface area contributed by atoms with E-state index < -0.39 is 0 Å². The zero-order chi connectivity index (χ0) is 15.4. The number of allylic oxidation sites excluding steroid dienone is 1. The molecule has 2 nitrogen and oxygen atoms in total. The summed E-state index contributed by atoms with van der Waals surface area (Å²) in [5.74, 6) is 0.706. The van der Waals surface area contributed by atoms with Crippen molar-refractivity contribution >= 4 is 11.6 Å². The van der Waals surface area contributed by atoms with E-state index in [1.54, 1.807) is 12.1 Å². The lowest BCUT2D eigenvalue weighted by molar-refractivity contribution is 0.468. The Morgan fingerprint density at radius 2 is 1.48 bits per heavy atom. The molecule has 2 heteroatoms. The van der Waals surface area contributed by atoms with Crippen molar-refractivity contribution in [3.8, 4) is 11.5 Å². The van der Waals surface area contributed by atoms with E-state index in [4.69, 9.17) is 0 Å². The van der Waals surface area contributed by atoms with Crippen LogP contribution in [0.15, 0.2) is 36.4 Å². The fourth-order valence-electron chi connectivity index (χ4n) is 2.43. The first kappa shape index (κ1) is 15.2. The lowest BCUT2D eigenvalue weighted by atomic mass is 9.99. The second-order valence-corrected chi connectivity index (χ2v) is 5.27. The van der Waals surface area contributed by atoms with Crippen molar-refractivity contribution in [1.29, 1.82) is 0 Å². The highest BCUT2D eigenvalue weighted by atomic mass is 16.3. The third-order valence-electron chi connectivity index (χ3n) is 3.78. The van der Waals surface area contributed by atoms with Crippen molar-refractivity contribution < 1.29 is 10.2 Å². The Balaban J connectivity index is 2.36. The van der Waals surface area contributed by atoms with Gasteiger partial charge in [0.25, 0.3) is 0 Å². The van der Waals surface area contributed by atoms with Gasteiger partial charge in [0.2, 0.25) is 0 Å². The highest BCUT2D eigenvalue weighted by Crippen LogP contribution is 2.26. The van der Waals surface area contributed by atoms with Crippen molar-refractivity contribution in [3.05, 3.63) is 58.7 Å². The van der Waals surface area contributed by atoms with E-state index in [1.807, 2.05) is 38.1 Å². The quantitative estimate of drug-likeness (QED) is 0.792. The van der Waals surface area contributed by atoms with E-state index in [-0.39, 0.29) is 0 Å². The third-order valence-corrected chi connectivity index (χ3v) is 3.78. The predicted molar refractivity (Wildman–Crippen MR) is 88.5 cm³/mol. The SMILES string of the molecule is CCc1cc(C=C(C)c2ccc(O)c(CC)c2)ccc1O. The molecule has 2 aromatic carbocycles. The average molecular weight is 282 g/mol. The number of benzene rings is 2. The second kappa shape index (κ2) is 6.49. The van der Waals surface area contributed by atoms with Crippen LogP contribution in [0.5, 0.6) is 11.5 Å². The number of phenols is 2. The van der Waals surface area contributed by atoms with Crippen LogP contribution in [-0.2, 0) is 12.8 Å². The van der Waals surface area contributed by atoms with Gasteiger partial charge in [-0.1, -0.05) is 32.1 Å². The Morgan fingerprint density at radius 1 is 0.905 bits per heavy atom. The Bertz CT molecular complexity index is 669. The fourth-order valence-corrected chi connectivity index (χ4v) is 2.43. The van der Waals surface area contributed by atoms with Crippen LogP contribution in [0.4, 0.5) is 0 Å². The van der Waals surface area contributed by atoms with Crippen molar-refractivity contribution in [1.82, 2.24) is 0 Å². The monoisotopic (exact) mass is 282 g/mol. The summed E-state index contributed by atoms with van der Waals surface area (Å²) in [5.41, 5.74) is 5.23. The van der Waals surface area contributed by atoms with Crippen LogP contribution in [0.25, 0.3) is 11.6 Å². The molecule has 0 spiro atoms. The molecule has 0 heterocycles. The number of rotatable bonds is 4. The lowest BCUT2D eigenvalue weighted by Gasteiger charge is -2.08. The van der Waals surface area contributed by atoms with Gasteiger partial charge in [0, 0.05) is 0 Å². The summed E-state index contributed by atoms with van der Waals surface area (Å²) in [4.78, 5) is 0. The molecule has 110 valence electrons. The van der Waals surface area contributed by atoms with Gasteiger partial charge in [0.1, 0.15) is 11.5 Å². The van der Waals surface area contributed by atoms with Gasteiger partial charge in [-0.05, 0) is 71.9 Å². The van der Waals surface area contributed by atoms with E-state index in [2.05, 4.69) is 13.0 Å². The van der Waals surface area contributed by atoms with Gasteiger partial charge >= 0.3 is 0 Å². The van der Waals surface area contributed by atoms with Crippen molar-refractivity contribution in [2.24, 2.45) is 0 Å². The van der Waals surface area contributed by atoms with E-state index in [0.717, 1.165) is 40.7 Å². The predicted octanol–water partition coefficient (Wildman–Crippen LogP) is 4.78. The summed E-state index contributed by atoms with van der Waals surface area (Å²) in [7, 11) is 0. The van der Waals surface area contributed by atoms with Gasteiger partial charge in [0.05, 0.1) is 0 Å². The van der Waals surface area contributed by atoms with Crippen LogP contribution in [0.3, 0.4) is 0 Å². The molecule has 21 heavy (non-hydrogen) atoms. The number of aromatic hydroxyl groups is 2. The molecular formula is C19H22O2. The van der Waals surface area contributed by atoms with Gasteiger partial charge < -0.3 is 10.2 Å². The number of phenolic OH excluding ortho intramolecular Hbond substituents is 2. The third kappa shape index (κ3) is 3.46. The van der Waals surface area contributed by atoms with E-state index in [9.17, 15) is 10.2 Å². The van der Waals surface area contributed by atoms with Gasteiger partial charge in [-0.3, -0.25) is 0 Å². The zero-order valence-corrected chi connectivity index (χ0v) is 12.9. The molecule has 2 N–H and O–H groups in total. The fraction of sp³-hybridized carbons (Fsp3) is 0.263. The molecule has 0 bridgehead atoms. The minimum atomic E-state index is 0.352. The molecule has 0 aliphatic carbocycles. The molecule has 0 aliphatic rings. The molecule has 2 rings (SSSR count). The molecule has 0 unspecified atom stereocenters. The largest absolute Gasteiger partial charge is 0.508 e. The molecule has 0 aliphatic heterocycles. The van der Waals surface area contributed by atoms with Crippen LogP contribution in [-0.4, -0.2) is 10.2 Å². The summed E-state index contributed by atoms with van der Waals surface area (Å²) >= 11 is 0. The van der Waals surface area contributed by atoms with Gasteiger partial charge in [-0.15, -0.1) is 0 Å². The molecule has 0 radical (unpaired) electrons. The standard InChI is InChI=1S/C19H22O2/c1-4-15-11-14(6-8-18(15)20)10-13(3)17-7-9-19(21)16(5-2)12-17/h6-12,20-21H,4-5H2,1-3H3. The average Bonchev–Trinajstić information content (AvgIpc) is 2.49. The summed E-state index contributed by atoms with van der Waals surface area (Å²) in [6, 6.07) is 11.4. The van der Waals surface area contributed by atoms with E-state index in [0.29, 0.717) is 11.5 Å². The maximum Gasteiger partial charge on any atom is 0.118 e. The molecule has 0 fully saturated rings. The van der Waals surface area contributed by atoms with Crippen molar-refractivity contribution in [3.63, 3.8) is 0 Å². The first-order valence-electron chi connectivity index (χ1n) is 7.37. The Hall–Kier alpha value is -2.22. The van der Waals surface area contributed by atoms with Crippen molar-refractivity contribution in [2.75, 3.05) is 0 Å². The lowest BCUT2D eigenvalue weighted by Crippen LogP contribution is -1.87. The molecule has 2 aromatic rings. The second-order valence-electron chi connectivity index (χ2n) is 5.27. The minimum Gasteiger partial charge on any atom is -0.508 e. The van der Waals surface area contributed by atoms with E-state index >= 15 is 0 Å². The summed E-state index contributed by atoms with van der Waals surface area (Å²) < 4.78 is 0. The van der Waals surface area contributed by atoms with Crippen LogP contribution in [0, 0.1) is 0 Å². The van der Waals surface area contributed by atoms with Crippen LogP contribution in [0.2, 0.25) is 0 Å². The molecule has 0 saturated heterocycles. The number of hydrogen-bond acceptors (Lipinski definition) is 2. The highest BCUT2D eigenvalue weighted by molar-refractivity contribution is 5.81. The molecular weight excluding hydrogens is 260 g/mol. The molecule has 0 atom stereocenters. The zero-order valence-electron chi connectivity index (χ0n) is 12.9. The number of hydrogen-bond donors (Lipinski definition) is 2. The van der Waals surface area contributed by atoms with Gasteiger partial charge in [0.15, 0.2) is 0 Å². The summed E-state index contributed by atoms with van der Waals surface area (Å²) in [6.45, 7) is 6.12. The first-order valence-corrected chi connectivity index (χ1v) is 7.37. The Morgan fingerprint density at radius 3 is 2.10 bits per heavy atom. The summed E-state index contributed by atoms with van der Waals surface area (Å²) in [6.07, 6.45) is 3.72. The normalized spacial score (nSPS) is 11.7. The molecule has 0 aromatic heterocycles. The topological polar surface area (TPSA) is 40.5 Å². The van der Waals surface area contributed by atoms with Crippen molar-refractivity contribution in [2.45, 2.75) is 33.6 Å². The Kier molecular flexibility index (Phi) is 4.69. The van der Waals surface area contributed by atoms with Gasteiger partial charge in [-0.25, -0.2) is 0 Å². The van der Waals surface area contributed by atoms with E-state index in [1.165, 1.54) is 0 Å². The smallest absolute Gasteiger partial charge is 0.118 e. The maximum atomic E-state index is 9.76. The molecule has 0 saturated carbocycles. The summed E-state index contributed by atoms with van der Waals surface area (Å²) in [5, 5.41) is 19.5. The molecule has 0 amide bonds. The minimum absolute atomic E-state index is 0.352.